The van der Waals surface area contributed by atoms with Gasteiger partial charge in [0.05, 0.1) is 13.1 Å². The van der Waals surface area contributed by atoms with Crippen LogP contribution in [0.25, 0.3) is 0 Å². The van der Waals surface area contributed by atoms with E-state index in [1.54, 1.807) is 25.2 Å². The number of carbonyl (C=O) groups is 1. The second kappa shape index (κ2) is 12.1. The molecule has 0 aliphatic carbocycles. The number of benzene rings is 2. The third kappa shape index (κ3) is 8.51. The zero-order valence-electron chi connectivity index (χ0n) is 15.5. The molecule has 0 spiro atoms. The van der Waals surface area contributed by atoms with Crippen LogP contribution in [0.1, 0.15) is 6.92 Å². The number of anilines is 1. The number of halogens is 3. The Labute approximate surface area is 179 Å². The number of nitrogens with zero attached hydrogens (tertiary/aromatic N) is 1. The summed E-state index contributed by atoms with van der Waals surface area (Å²) < 4.78 is 31.9. The largest absolute Gasteiger partial charge is 0.489 e. The Morgan fingerprint density at radius 3 is 2.43 bits per heavy atom. The van der Waals surface area contributed by atoms with Crippen molar-refractivity contribution < 1.29 is 18.3 Å². The van der Waals surface area contributed by atoms with E-state index in [4.69, 9.17) is 4.74 Å². The van der Waals surface area contributed by atoms with Gasteiger partial charge in [-0.2, -0.15) is 0 Å². The van der Waals surface area contributed by atoms with Crippen molar-refractivity contribution >= 4 is 41.5 Å². The Bertz CT molecular complexity index is 805. The van der Waals surface area contributed by atoms with Crippen LogP contribution in [0, 0.1) is 11.6 Å². The first-order valence-corrected chi connectivity index (χ1v) is 8.38. The van der Waals surface area contributed by atoms with Gasteiger partial charge in [-0.15, -0.1) is 24.0 Å². The van der Waals surface area contributed by atoms with Crippen molar-refractivity contribution in [1.29, 1.82) is 0 Å². The van der Waals surface area contributed by atoms with Crippen molar-refractivity contribution in [2.75, 3.05) is 25.5 Å². The van der Waals surface area contributed by atoms with E-state index in [1.807, 2.05) is 6.92 Å². The molecule has 0 aliphatic rings. The molecule has 9 heteroatoms. The lowest BCUT2D eigenvalue weighted by Crippen LogP contribution is -2.44. The van der Waals surface area contributed by atoms with Gasteiger partial charge in [-0.05, 0) is 37.3 Å². The lowest BCUT2D eigenvalue weighted by Gasteiger charge is -2.17. The topological polar surface area (TPSA) is 74.8 Å². The van der Waals surface area contributed by atoms with E-state index < -0.39 is 5.82 Å². The molecular formula is C19H23F2IN4O2. The summed E-state index contributed by atoms with van der Waals surface area (Å²) in [7, 11) is 1.57. The zero-order valence-corrected chi connectivity index (χ0v) is 17.9. The number of guanidine groups is 1. The van der Waals surface area contributed by atoms with Gasteiger partial charge in [0.15, 0.2) is 5.96 Å². The van der Waals surface area contributed by atoms with E-state index in [0.29, 0.717) is 23.9 Å². The van der Waals surface area contributed by atoms with E-state index in [1.165, 1.54) is 30.3 Å². The molecule has 0 aromatic heterocycles. The molecule has 152 valence electrons. The van der Waals surface area contributed by atoms with Gasteiger partial charge in [-0.25, -0.2) is 8.78 Å². The fourth-order valence-electron chi connectivity index (χ4n) is 2.21. The first-order valence-electron chi connectivity index (χ1n) is 8.38. The smallest absolute Gasteiger partial charge is 0.243 e. The molecule has 0 fully saturated rings. The van der Waals surface area contributed by atoms with E-state index in [-0.39, 0.29) is 48.3 Å². The zero-order chi connectivity index (χ0) is 19.6. The van der Waals surface area contributed by atoms with Crippen LogP contribution in [0.4, 0.5) is 14.5 Å². The summed E-state index contributed by atoms with van der Waals surface area (Å²) in [4.78, 5) is 15.9. The average molecular weight is 504 g/mol. The first-order chi connectivity index (χ1) is 13.0. The maximum absolute atomic E-state index is 13.2. The predicted octanol–water partition coefficient (Wildman–Crippen LogP) is 3.15. The number of aliphatic imine (C=N–C) groups is 1. The van der Waals surface area contributed by atoms with Gasteiger partial charge in [0.1, 0.15) is 23.5 Å². The molecular weight excluding hydrogens is 481 g/mol. The summed E-state index contributed by atoms with van der Waals surface area (Å²) in [5.41, 5.74) is 0.377. The fraction of sp³-hybridized carbons (Fsp3) is 0.263. The molecule has 28 heavy (non-hydrogen) atoms. The number of hydrogen-bond donors (Lipinski definition) is 3. The van der Waals surface area contributed by atoms with Gasteiger partial charge in [0.2, 0.25) is 5.91 Å². The van der Waals surface area contributed by atoms with E-state index in [0.717, 1.165) is 0 Å². The Kier molecular flexibility index (Phi) is 10.2. The number of nitrogens with one attached hydrogen (secondary N) is 3. The van der Waals surface area contributed by atoms with Gasteiger partial charge in [0.25, 0.3) is 0 Å². The number of carbonyl (C=O) groups excluding carboxylic acids is 1. The molecule has 0 heterocycles. The monoisotopic (exact) mass is 504 g/mol. The van der Waals surface area contributed by atoms with Crippen LogP contribution < -0.4 is 20.7 Å². The highest BCUT2D eigenvalue weighted by Crippen LogP contribution is 2.13. The number of amides is 1. The first kappa shape index (κ1) is 23.6. The summed E-state index contributed by atoms with van der Waals surface area (Å²) in [6.45, 7) is 2.17. The molecule has 0 aliphatic heterocycles. The molecule has 0 radical (unpaired) electrons. The lowest BCUT2D eigenvalue weighted by molar-refractivity contribution is -0.115. The average Bonchev–Trinajstić information content (AvgIpc) is 2.62. The molecule has 1 amide bonds. The third-order valence-electron chi connectivity index (χ3n) is 3.44. The Hall–Kier alpha value is -2.43. The van der Waals surface area contributed by atoms with Crippen LogP contribution in [0.2, 0.25) is 0 Å². The van der Waals surface area contributed by atoms with Gasteiger partial charge in [0, 0.05) is 18.8 Å². The van der Waals surface area contributed by atoms with Gasteiger partial charge in [-0.1, -0.05) is 12.1 Å². The van der Waals surface area contributed by atoms with Crippen LogP contribution in [0.15, 0.2) is 53.5 Å². The molecule has 0 bridgehead atoms. The lowest BCUT2D eigenvalue weighted by atomic mass is 10.3. The molecule has 1 atom stereocenters. The summed E-state index contributed by atoms with van der Waals surface area (Å²) >= 11 is 0. The normalized spacial score (nSPS) is 11.8. The fourth-order valence-corrected chi connectivity index (χ4v) is 2.21. The Morgan fingerprint density at radius 2 is 1.79 bits per heavy atom. The molecule has 2 aromatic rings. The minimum absolute atomic E-state index is 0. The van der Waals surface area contributed by atoms with Gasteiger partial charge >= 0.3 is 0 Å². The molecule has 3 N–H and O–H groups in total. The van der Waals surface area contributed by atoms with Crippen LogP contribution in [0.3, 0.4) is 0 Å². The molecule has 6 nitrogen and oxygen atoms in total. The number of ether oxygens (including phenoxy) is 1. The minimum atomic E-state index is -0.425. The molecule has 2 rings (SSSR count). The predicted molar refractivity (Wildman–Crippen MR) is 116 cm³/mol. The molecule has 2 aromatic carbocycles. The van der Waals surface area contributed by atoms with Crippen molar-refractivity contribution in [3.05, 3.63) is 60.2 Å². The summed E-state index contributed by atoms with van der Waals surface area (Å²) in [5, 5.41) is 8.44. The van der Waals surface area contributed by atoms with E-state index in [2.05, 4.69) is 20.9 Å². The second-order valence-corrected chi connectivity index (χ2v) is 5.75. The SMILES string of the molecule is CN=C(NCC(=O)Nc1cccc(F)c1)NCC(C)Oc1cccc(F)c1.I. The Balaban J connectivity index is 0.00000392. The summed E-state index contributed by atoms with van der Waals surface area (Å²) in [6, 6.07) is 11.5. The van der Waals surface area contributed by atoms with E-state index >= 15 is 0 Å². The minimum Gasteiger partial charge on any atom is -0.489 e. The van der Waals surface area contributed by atoms with Crippen molar-refractivity contribution in [1.82, 2.24) is 10.6 Å². The Morgan fingerprint density at radius 1 is 1.11 bits per heavy atom. The van der Waals surface area contributed by atoms with E-state index in [9.17, 15) is 13.6 Å². The van der Waals surface area contributed by atoms with Crippen molar-refractivity contribution in [3.8, 4) is 5.75 Å². The summed E-state index contributed by atoms with van der Waals surface area (Å²) in [5.74, 6) is -0.298. The van der Waals surface area contributed by atoms with Crippen LogP contribution in [-0.2, 0) is 4.79 Å². The van der Waals surface area contributed by atoms with Crippen LogP contribution in [0.5, 0.6) is 5.75 Å². The maximum atomic E-state index is 13.2. The standard InChI is InChI=1S/C19H22F2N4O2.HI/c1-13(27-17-8-4-6-15(21)10-17)11-23-19(22-2)24-12-18(26)25-16-7-3-5-14(20)9-16;/h3-10,13H,11-12H2,1-2H3,(H,25,26)(H2,22,23,24);1H. The molecule has 0 saturated carbocycles. The van der Waals surface area contributed by atoms with Crippen molar-refractivity contribution in [2.45, 2.75) is 13.0 Å². The van der Waals surface area contributed by atoms with Gasteiger partial charge in [-0.3, -0.25) is 9.79 Å². The highest BCUT2D eigenvalue weighted by Gasteiger charge is 2.08. The summed E-state index contributed by atoms with van der Waals surface area (Å²) in [6.07, 6.45) is -0.258. The van der Waals surface area contributed by atoms with Crippen LogP contribution >= 0.6 is 24.0 Å². The molecule has 0 saturated heterocycles. The maximum Gasteiger partial charge on any atom is 0.243 e. The highest BCUT2D eigenvalue weighted by molar-refractivity contribution is 14.0. The quantitative estimate of drug-likeness (QED) is 0.308. The molecule has 1 unspecified atom stereocenters. The van der Waals surface area contributed by atoms with Crippen LogP contribution in [-0.4, -0.2) is 38.1 Å². The highest BCUT2D eigenvalue weighted by atomic mass is 127. The third-order valence-corrected chi connectivity index (χ3v) is 3.44. The van der Waals surface area contributed by atoms with Gasteiger partial charge < -0.3 is 20.7 Å². The number of hydrogen-bond acceptors (Lipinski definition) is 3. The van der Waals surface area contributed by atoms with Crippen molar-refractivity contribution in [3.63, 3.8) is 0 Å². The second-order valence-electron chi connectivity index (χ2n) is 5.75. The number of rotatable bonds is 7. The van der Waals surface area contributed by atoms with Crippen molar-refractivity contribution in [2.24, 2.45) is 4.99 Å².